The molecule has 0 saturated carbocycles. The molecule has 1 aromatic heterocycles. The maximum atomic E-state index is 5.83. The van der Waals surface area contributed by atoms with Crippen molar-refractivity contribution in [1.29, 1.82) is 0 Å². The Morgan fingerprint density at radius 3 is 3.18 bits per heavy atom. The summed E-state index contributed by atoms with van der Waals surface area (Å²) in [5.74, 6) is 1.15. The van der Waals surface area contributed by atoms with Gasteiger partial charge in [-0.15, -0.1) is 11.3 Å². The molecule has 3 rings (SSSR count). The average molecular weight is 247 g/mol. The highest BCUT2D eigenvalue weighted by atomic mass is 32.1. The Morgan fingerprint density at radius 1 is 1.47 bits per heavy atom. The van der Waals surface area contributed by atoms with Crippen molar-refractivity contribution in [3.63, 3.8) is 0 Å². The lowest BCUT2D eigenvalue weighted by atomic mass is 10.0. The van der Waals surface area contributed by atoms with Gasteiger partial charge in [0.15, 0.2) is 0 Å². The zero-order valence-electron chi connectivity index (χ0n) is 10.3. The zero-order chi connectivity index (χ0) is 11.8. The summed E-state index contributed by atoms with van der Waals surface area (Å²) in [6.45, 7) is 4.07. The van der Waals surface area contributed by atoms with Crippen LogP contribution in [-0.4, -0.2) is 20.2 Å². The molecule has 1 aromatic carbocycles. The smallest absolute Gasteiger partial charge is 0.131 e. The van der Waals surface area contributed by atoms with Gasteiger partial charge in [0.25, 0.3) is 0 Å². The fourth-order valence-electron chi connectivity index (χ4n) is 2.54. The van der Waals surface area contributed by atoms with Crippen LogP contribution in [0.1, 0.15) is 16.7 Å². The van der Waals surface area contributed by atoms with Crippen molar-refractivity contribution < 1.29 is 4.74 Å². The number of rotatable bonds is 3. The maximum Gasteiger partial charge on any atom is 0.131 e. The summed E-state index contributed by atoms with van der Waals surface area (Å²) < 4.78 is 7.23. The molecule has 2 nitrogen and oxygen atoms in total. The lowest BCUT2D eigenvalue weighted by Crippen LogP contribution is -2.10. The lowest BCUT2D eigenvalue weighted by Gasteiger charge is -2.07. The van der Waals surface area contributed by atoms with Gasteiger partial charge in [-0.3, -0.25) is 0 Å². The molecule has 0 bridgehead atoms. The third-order valence-corrected chi connectivity index (χ3v) is 4.56. The van der Waals surface area contributed by atoms with Crippen molar-refractivity contribution in [2.75, 3.05) is 20.2 Å². The number of hydrogen-bond donors (Lipinski definition) is 1. The number of fused-ring (bicyclic) bond motifs is 3. The molecule has 0 unspecified atom stereocenters. The summed E-state index contributed by atoms with van der Waals surface area (Å²) in [7, 11) is 2.00. The first kappa shape index (κ1) is 11.1. The molecule has 0 spiro atoms. The van der Waals surface area contributed by atoms with Crippen LogP contribution < -0.4 is 10.1 Å². The number of nitrogens with one attached hydrogen (secondary N) is 1. The Morgan fingerprint density at radius 2 is 2.35 bits per heavy atom. The van der Waals surface area contributed by atoms with E-state index in [2.05, 4.69) is 23.7 Å². The van der Waals surface area contributed by atoms with E-state index in [-0.39, 0.29) is 0 Å². The molecule has 90 valence electrons. The van der Waals surface area contributed by atoms with Crippen LogP contribution in [0, 0.1) is 6.92 Å². The predicted molar refractivity (Wildman–Crippen MR) is 73.4 cm³/mol. The van der Waals surface area contributed by atoms with E-state index in [9.17, 15) is 0 Å². The monoisotopic (exact) mass is 247 g/mol. The molecule has 1 N–H and O–H groups in total. The number of ether oxygens (including phenoxy) is 1. The summed E-state index contributed by atoms with van der Waals surface area (Å²) in [5, 5.41) is 6.88. The van der Waals surface area contributed by atoms with Crippen molar-refractivity contribution in [2.45, 2.75) is 19.8 Å². The molecule has 0 fully saturated rings. The quantitative estimate of drug-likeness (QED) is 0.900. The Bertz CT molecular complexity index is 559. The molecular weight excluding hydrogens is 230 g/mol. The van der Waals surface area contributed by atoms with Gasteiger partial charge >= 0.3 is 0 Å². The molecule has 0 atom stereocenters. The van der Waals surface area contributed by atoms with Gasteiger partial charge in [0.1, 0.15) is 5.75 Å². The van der Waals surface area contributed by atoms with Crippen LogP contribution in [0.3, 0.4) is 0 Å². The molecular formula is C14H17NOS. The topological polar surface area (TPSA) is 21.3 Å². The van der Waals surface area contributed by atoms with Crippen LogP contribution in [0.25, 0.3) is 10.1 Å². The summed E-state index contributed by atoms with van der Waals surface area (Å²) in [4.78, 5) is 0. The van der Waals surface area contributed by atoms with Crippen molar-refractivity contribution >= 4 is 21.4 Å². The summed E-state index contributed by atoms with van der Waals surface area (Å²) >= 11 is 1.85. The van der Waals surface area contributed by atoms with Crippen molar-refractivity contribution in [3.05, 3.63) is 28.1 Å². The largest absolute Gasteiger partial charge is 0.492 e. The van der Waals surface area contributed by atoms with E-state index in [0.717, 1.165) is 31.7 Å². The fraction of sp³-hybridized carbons (Fsp3) is 0.429. The van der Waals surface area contributed by atoms with E-state index in [1.165, 1.54) is 26.8 Å². The minimum absolute atomic E-state index is 0.842. The van der Waals surface area contributed by atoms with Gasteiger partial charge in [-0.05, 0) is 49.0 Å². The molecule has 0 radical (unpaired) electrons. The van der Waals surface area contributed by atoms with E-state index in [4.69, 9.17) is 4.74 Å². The Balaban J connectivity index is 2.19. The van der Waals surface area contributed by atoms with E-state index in [0.29, 0.717) is 0 Å². The van der Waals surface area contributed by atoms with Gasteiger partial charge in [0.2, 0.25) is 0 Å². The number of benzene rings is 1. The van der Waals surface area contributed by atoms with Crippen LogP contribution >= 0.6 is 11.3 Å². The molecule has 0 saturated heterocycles. The van der Waals surface area contributed by atoms with Crippen molar-refractivity contribution in [1.82, 2.24) is 5.32 Å². The molecule has 2 aromatic rings. The summed E-state index contributed by atoms with van der Waals surface area (Å²) in [5.41, 5.74) is 4.21. The van der Waals surface area contributed by atoms with Gasteiger partial charge in [-0.1, -0.05) is 6.07 Å². The standard InChI is InChI=1S/C14H17NOS/c1-9-7-10-4-6-16-13(10)12-11(3-5-15-2)8-17-14(9)12/h7-8,15H,3-6H2,1-2H3. The van der Waals surface area contributed by atoms with Crippen LogP contribution in [0.15, 0.2) is 11.4 Å². The number of hydrogen-bond acceptors (Lipinski definition) is 3. The van der Waals surface area contributed by atoms with Crippen LogP contribution in [0.5, 0.6) is 5.75 Å². The van der Waals surface area contributed by atoms with Gasteiger partial charge < -0.3 is 10.1 Å². The van der Waals surface area contributed by atoms with Crippen LogP contribution in [0.2, 0.25) is 0 Å². The Kier molecular flexibility index (Phi) is 2.81. The highest BCUT2D eigenvalue weighted by Crippen LogP contribution is 2.41. The number of thiophene rings is 1. The first-order chi connectivity index (χ1) is 8.31. The number of aryl methyl sites for hydroxylation is 1. The van der Waals surface area contributed by atoms with Gasteiger partial charge in [-0.2, -0.15) is 0 Å². The number of likely N-dealkylation sites (N-methyl/N-ethyl adjacent to an activating group) is 1. The molecule has 3 heteroatoms. The van der Waals surface area contributed by atoms with Crippen molar-refractivity contribution in [2.24, 2.45) is 0 Å². The minimum Gasteiger partial charge on any atom is -0.492 e. The second-order valence-corrected chi connectivity index (χ2v) is 5.48. The fourth-order valence-corrected chi connectivity index (χ4v) is 3.63. The summed E-state index contributed by atoms with van der Waals surface area (Å²) in [6.07, 6.45) is 2.14. The van der Waals surface area contributed by atoms with Gasteiger partial charge in [-0.25, -0.2) is 0 Å². The van der Waals surface area contributed by atoms with Gasteiger partial charge in [0.05, 0.1) is 6.61 Å². The van der Waals surface area contributed by atoms with Gasteiger partial charge in [0, 0.05) is 16.5 Å². The third-order valence-electron chi connectivity index (χ3n) is 3.40. The first-order valence-electron chi connectivity index (χ1n) is 6.11. The molecule has 2 heterocycles. The third kappa shape index (κ3) is 1.74. The first-order valence-corrected chi connectivity index (χ1v) is 6.99. The Labute approximate surface area is 106 Å². The Hall–Kier alpha value is -1.06. The highest BCUT2D eigenvalue weighted by molar-refractivity contribution is 7.17. The normalized spacial score (nSPS) is 14.0. The molecule has 17 heavy (non-hydrogen) atoms. The van der Waals surface area contributed by atoms with Crippen LogP contribution in [-0.2, 0) is 12.8 Å². The zero-order valence-corrected chi connectivity index (χ0v) is 11.1. The molecule has 0 amide bonds. The van der Waals surface area contributed by atoms with E-state index in [1.54, 1.807) is 0 Å². The van der Waals surface area contributed by atoms with E-state index in [1.807, 2.05) is 18.4 Å². The highest BCUT2D eigenvalue weighted by Gasteiger charge is 2.20. The lowest BCUT2D eigenvalue weighted by molar-refractivity contribution is 0.360. The van der Waals surface area contributed by atoms with E-state index >= 15 is 0 Å². The SMILES string of the molecule is CNCCc1csc2c(C)cc3c(c12)OCC3. The summed E-state index contributed by atoms with van der Waals surface area (Å²) in [6, 6.07) is 2.29. The maximum absolute atomic E-state index is 5.83. The minimum atomic E-state index is 0.842. The second-order valence-electron chi connectivity index (χ2n) is 4.60. The van der Waals surface area contributed by atoms with Crippen molar-refractivity contribution in [3.8, 4) is 5.75 Å². The van der Waals surface area contributed by atoms with Crippen LogP contribution in [0.4, 0.5) is 0 Å². The van der Waals surface area contributed by atoms with E-state index < -0.39 is 0 Å². The molecule has 1 aliphatic heterocycles. The average Bonchev–Trinajstić information content (AvgIpc) is 2.91. The molecule has 0 aliphatic carbocycles. The predicted octanol–water partition coefficient (Wildman–Crippen LogP) is 2.91. The second kappa shape index (κ2) is 4.31. The molecule has 1 aliphatic rings.